The molecule has 0 unspecified atom stereocenters. The number of carbonyl (C=O) groups is 1. The molecule has 1 amide bonds. The lowest BCUT2D eigenvalue weighted by molar-refractivity contribution is -0.129. The number of likely N-dealkylation sites (tertiary alicyclic amines) is 1. The molecular formula is C26H23ClN4O2. The van der Waals surface area contributed by atoms with Gasteiger partial charge < -0.3 is 9.88 Å². The fourth-order valence-corrected chi connectivity index (χ4v) is 4.63. The zero-order valence-electron chi connectivity index (χ0n) is 18.3. The molecule has 0 saturated carbocycles. The summed E-state index contributed by atoms with van der Waals surface area (Å²) in [6.45, 7) is 3.44. The molecule has 4 aromatic rings. The Morgan fingerprint density at radius 3 is 2.52 bits per heavy atom. The Balaban J connectivity index is 1.66. The molecule has 1 fully saturated rings. The second kappa shape index (κ2) is 8.79. The summed E-state index contributed by atoms with van der Waals surface area (Å²) < 4.78 is 0. The number of rotatable bonds is 4. The van der Waals surface area contributed by atoms with E-state index in [0.29, 0.717) is 21.9 Å². The third-order valence-electron chi connectivity index (χ3n) is 5.95. The maximum atomic E-state index is 13.0. The topological polar surface area (TPSA) is 79.0 Å². The van der Waals surface area contributed by atoms with Crippen LogP contribution >= 0.6 is 11.6 Å². The van der Waals surface area contributed by atoms with Gasteiger partial charge in [0, 0.05) is 41.7 Å². The largest absolute Gasteiger partial charge is 0.343 e. The molecule has 5 rings (SSSR count). The number of fused-ring (bicyclic) bond motifs is 1. The first-order chi connectivity index (χ1) is 16.0. The number of nitrogens with zero attached hydrogens (tertiary/aromatic N) is 3. The van der Waals surface area contributed by atoms with Crippen molar-refractivity contribution in [3.8, 4) is 22.4 Å². The predicted molar refractivity (Wildman–Crippen MR) is 130 cm³/mol. The van der Waals surface area contributed by atoms with Gasteiger partial charge in [0.2, 0.25) is 5.91 Å². The molecule has 0 radical (unpaired) electrons. The molecule has 7 heteroatoms. The molecule has 4 heterocycles. The summed E-state index contributed by atoms with van der Waals surface area (Å²) in [6.07, 6.45) is 2.22. The van der Waals surface area contributed by atoms with Crippen molar-refractivity contribution in [3.05, 3.63) is 81.4 Å². The van der Waals surface area contributed by atoms with Gasteiger partial charge in [-0.1, -0.05) is 41.9 Å². The number of amides is 1. The van der Waals surface area contributed by atoms with E-state index in [1.165, 1.54) is 6.07 Å². The van der Waals surface area contributed by atoms with Gasteiger partial charge in [0.25, 0.3) is 0 Å². The van der Waals surface area contributed by atoms with E-state index in [1.807, 2.05) is 54.3 Å². The Labute approximate surface area is 196 Å². The second-order valence-corrected chi connectivity index (χ2v) is 8.78. The number of pyridine rings is 3. The van der Waals surface area contributed by atoms with Crippen LogP contribution in [0.3, 0.4) is 0 Å². The maximum absolute atomic E-state index is 13.0. The molecule has 3 aromatic heterocycles. The highest BCUT2D eigenvalue weighted by atomic mass is 35.5. The summed E-state index contributed by atoms with van der Waals surface area (Å²) in [7, 11) is 0. The summed E-state index contributed by atoms with van der Waals surface area (Å²) in [6, 6.07) is 16.9. The molecule has 1 aliphatic heterocycles. The number of halogens is 1. The molecule has 33 heavy (non-hydrogen) atoms. The SMILES string of the molecule is Cc1cc(-c2cc3c(=O)cc(CC(=O)N4CCCC4)[nH]c3nc2-c2ccccc2)cc(Cl)n1. The summed E-state index contributed by atoms with van der Waals surface area (Å²) in [5, 5.41) is 0.849. The Morgan fingerprint density at radius 1 is 1.03 bits per heavy atom. The lowest BCUT2D eigenvalue weighted by Gasteiger charge is -2.16. The summed E-state index contributed by atoms with van der Waals surface area (Å²) in [5.74, 6) is 0.0318. The van der Waals surface area contributed by atoms with Crippen molar-refractivity contribution >= 4 is 28.5 Å². The van der Waals surface area contributed by atoms with Gasteiger partial charge in [0.15, 0.2) is 5.43 Å². The number of H-pyrrole nitrogens is 1. The number of aromatic amines is 1. The van der Waals surface area contributed by atoms with E-state index < -0.39 is 0 Å². The zero-order valence-corrected chi connectivity index (χ0v) is 19.0. The molecule has 1 aliphatic rings. The van der Waals surface area contributed by atoms with Gasteiger partial charge in [-0.05, 0) is 43.5 Å². The van der Waals surface area contributed by atoms with Crippen LogP contribution in [-0.2, 0) is 11.2 Å². The Morgan fingerprint density at radius 2 is 1.79 bits per heavy atom. The van der Waals surface area contributed by atoms with E-state index in [1.54, 1.807) is 6.07 Å². The van der Waals surface area contributed by atoms with Gasteiger partial charge in [-0.15, -0.1) is 0 Å². The van der Waals surface area contributed by atoms with Gasteiger partial charge in [-0.2, -0.15) is 0 Å². The Bertz CT molecular complexity index is 1390. The van der Waals surface area contributed by atoms with Crippen LogP contribution in [0.15, 0.2) is 59.4 Å². The predicted octanol–water partition coefficient (Wildman–Crippen LogP) is 4.78. The normalized spacial score (nSPS) is 13.6. The molecule has 0 spiro atoms. The van der Waals surface area contributed by atoms with Gasteiger partial charge in [-0.3, -0.25) is 9.59 Å². The first-order valence-electron chi connectivity index (χ1n) is 11.0. The van der Waals surface area contributed by atoms with Crippen LogP contribution in [0.4, 0.5) is 0 Å². The van der Waals surface area contributed by atoms with E-state index >= 15 is 0 Å². The zero-order chi connectivity index (χ0) is 22.9. The number of carbonyl (C=O) groups excluding carboxylic acids is 1. The summed E-state index contributed by atoms with van der Waals surface area (Å²) in [5.41, 5.74) is 4.93. The van der Waals surface area contributed by atoms with Gasteiger partial charge in [0.05, 0.1) is 17.5 Å². The molecular weight excluding hydrogens is 436 g/mol. The molecule has 1 N–H and O–H groups in total. The minimum atomic E-state index is -0.168. The highest BCUT2D eigenvalue weighted by Crippen LogP contribution is 2.33. The molecule has 1 aromatic carbocycles. The number of aromatic nitrogens is 3. The van der Waals surface area contributed by atoms with Crippen molar-refractivity contribution in [1.29, 1.82) is 0 Å². The monoisotopic (exact) mass is 458 g/mol. The lowest BCUT2D eigenvalue weighted by Crippen LogP contribution is -2.29. The van der Waals surface area contributed by atoms with Crippen LogP contribution in [0, 0.1) is 6.92 Å². The fraction of sp³-hybridized carbons (Fsp3) is 0.231. The van der Waals surface area contributed by atoms with Gasteiger partial charge in [0.1, 0.15) is 10.8 Å². The highest BCUT2D eigenvalue weighted by molar-refractivity contribution is 6.29. The first kappa shape index (κ1) is 21.3. The van der Waals surface area contributed by atoms with Crippen LogP contribution in [0.5, 0.6) is 0 Å². The standard InChI is InChI=1S/C26H23ClN4O2/c1-16-11-18(12-23(27)28-16)20-15-21-22(32)13-19(14-24(33)31-9-5-6-10-31)29-26(21)30-25(20)17-7-3-2-4-8-17/h2-4,7-8,11-13,15H,5-6,9-10,14H2,1H3,(H,29,30,32). The molecule has 6 nitrogen and oxygen atoms in total. The van der Waals surface area contributed by atoms with Gasteiger partial charge in [-0.25, -0.2) is 9.97 Å². The number of hydrogen-bond donors (Lipinski definition) is 1. The first-order valence-corrected chi connectivity index (χ1v) is 11.4. The number of nitrogens with one attached hydrogen (secondary N) is 1. The van der Waals surface area contributed by atoms with Crippen LogP contribution in [0.1, 0.15) is 24.2 Å². The van der Waals surface area contributed by atoms with Crippen LogP contribution in [0.2, 0.25) is 5.15 Å². The van der Waals surface area contributed by atoms with E-state index in [2.05, 4.69) is 9.97 Å². The van der Waals surface area contributed by atoms with E-state index in [4.69, 9.17) is 16.6 Å². The van der Waals surface area contributed by atoms with Crippen LogP contribution in [-0.4, -0.2) is 38.8 Å². The van der Waals surface area contributed by atoms with Crippen LogP contribution < -0.4 is 5.43 Å². The van der Waals surface area contributed by atoms with Crippen LogP contribution in [0.25, 0.3) is 33.4 Å². The van der Waals surface area contributed by atoms with Crippen molar-refractivity contribution in [2.24, 2.45) is 0 Å². The number of aryl methyl sites for hydroxylation is 1. The molecule has 0 aliphatic carbocycles. The van der Waals surface area contributed by atoms with E-state index in [-0.39, 0.29) is 17.8 Å². The highest BCUT2D eigenvalue weighted by Gasteiger charge is 2.20. The maximum Gasteiger partial charge on any atom is 0.228 e. The number of benzene rings is 1. The quantitative estimate of drug-likeness (QED) is 0.446. The molecule has 1 saturated heterocycles. The summed E-state index contributed by atoms with van der Waals surface area (Å²) in [4.78, 5) is 39.9. The van der Waals surface area contributed by atoms with Crippen molar-refractivity contribution in [3.63, 3.8) is 0 Å². The summed E-state index contributed by atoms with van der Waals surface area (Å²) >= 11 is 6.24. The Kier molecular flexibility index (Phi) is 5.68. The van der Waals surface area contributed by atoms with Gasteiger partial charge >= 0.3 is 0 Å². The third kappa shape index (κ3) is 4.39. The minimum absolute atomic E-state index is 0.0318. The average molecular weight is 459 g/mol. The third-order valence-corrected chi connectivity index (χ3v) is 6.15. The minimum Gasteiger partial charge on any atom is -0.343 e. The average Bonchev–Trinajstić information content (AvgIpc) is 3.33. The van der Waals surface area contributed by atoms with Crippen molar-refractivity contribution in [2.45, 2.75) is 26.2 Å². The molecule has 0 atom stereocenters. The molecule has 166 valence electrons. The smallest absolute Gasteiger partial charge is 0.228 e. The fourth-order valence-electron chi connectivity index (χ4n) is 4.38. The van der Waals surface area contributed by atoms with E-state index in [0.717, 1.165) is 54.0 Å². The lowest BCUT2D eigenvalue weighted by atomic mass is 9.98. The van der Waals surface area contributed by atoms with Crippen molar-refractivity contribution in [1.82, 2.24) is 19.9 Å². The second-order valence-electron chi connectivity index (χ2n) is 8.39. The molecule has 0 bridgehead atoms. The Hall–Kier alpha value is -3.51. The number of hydrogen-bond acceptors (Lipinski definition) is 4. The van der Waals surface area contributed by atoms with E-state index in [9.17, 15) is 9.59 Å². The van der Waals surface area contributed by atoms with Crippen molar-refractivity contribution < 1.29 is 4.79 Å². The van der Waals surface area contributed by atoms with Crippen molar-refractivity contribution in [2.75, 3.05) is 13.1 Å².